The molecule has 0 radical (unpaired) electrons. The van der Waals surface area contributed by atoms with Gasteiger partial charge in [-0.3, -0.25) is 9.59 Å². The van der Waals surface area contributed by atoms with Crippen LogP contribution in [-0.4, -0.2) is 71.9 Å². The number of carbonyl (C=O) groups excluding carboxylic acids is 3. The highest BCUT2D eigenvalue weighted by atomic mass is 16.6. The van der Waals surface area contributed by atoms with Gasteiger partial charge in [0.25, 0.3) is 0 Å². The molecular weight excluding hydrogens is 334 g/mol. The molecule has 0 unspecified atom stereocenters. The maximum absolute atomic E-state index is 12.6. The van der Waals surface area contributed by atoms with E-state index in [0.29, 0.717) is 39.3 Å². The first kappa shape index (κ1) is 19.8. The minimum atomic E-state index is -0.343. The van der Waals surface area contributed by atoms with Gasteiger partial charge in [-0.05, 0) is 19.4 Å². The average Bonchev–Trinajstić information content (AvgIpc) is 2.61. The molecule has 7 nitrogen and oxygen atoms in total. The summed E-state index contributed by atoms with van der Waals surface area (Å²) in [4.78, 5) is 41.1. The van der Waals surface area contributed by atoms with Crippen LogP contribution in [0, 0.1) is 6.92 Å². The third-order valence-corrected chi connectivity index (χ3v) is 4.39. The normalized spacial score (nSPS) is 14.1. The number of amides is 3. The Morgan fingerprint density at radius 3 is 2.35 bits per heavy atom. The molecule has 3 amide bonds. The van der Waals surface area contributed by atoms with Crippen LogP contribution in [0.15, 0.2) is 24.3 Å². The van der Waals surface area contributed by atoms with E-state index in [9.17, 15) is 14.4 Å². The van der Waals surface area contributed by atoms with Crippen molar-refractivity contribution < 1.29 is 19.1 Å². The molecule has 0 aliphatic carbocycles. The molecule has 1 aliphatic rings. The van der Waals surface area contributed by atoms with Crippen LogP contribution in [0.25, 0.3) is 0 Å². The van der Waals surface area contributed by atoms with Crippen molar-refractivity contribution in [3.63, 3.8) is 0 Å². The molecule has 142 valence electrons. The van der Waals surface area contributed by atoms with Crippen LogP contribution in [0.1, 0.15) is 25.0 Å². The number of ether oxygens (including phenoxy) is 1. The number of rotatable bonds is 5. The number of piperazine rings is 1. The molecule has 26 heavy (non-hydrogen) atoms. The van der Waals surface area contributed by atoms with Crippen molar-refractivity contribution in [1.29, 1.82) is 0 Å². The molecule has 1 saturated heterocycles. The number of hydrogen-bond donors (Lipinski definition) is 0. The molecule has 1 aromatic carbocycles. The largest absolute Gasteiger partial charge is 0.450 e. The van der Waals surface area contributed by atoms with Gasteiger partial charge in [0.05, 0.1) is 6.61 Å². The first-order chi connectivity index (χ1) is 12.4. The number of hydrogen-bond acceptors (Lipinski definition) is 4. The van der Waals surface area contributed by atoms with Crippen LogP contribution >= 0.6 is 0 Å². The summed E-state index contributed by atoms with van der Waals surface area (Å²) in [7, 11) is 0. The van der Waals surface area contributed by atoms with Crippen LogP contribution in [0.4, 0.5) is 4.79 Å². The maximum Gasteiger partial charge on any atom is 0.409 e. The highest BCUT2D eigenvalue weighted by Gasteiger charge is 2.26. The van der Waals surface area contributed by atoms with E-state index in [0.717, 1.165) is 11.1 Å². The van der Waals surface area contributed by atoms with Crippen LogP contribution in [-0.2, 0) is 20.9 Å². The fraction of sp³-hybridized carbons (Fsp3) is 0.526. The zero-order valence-corrected chi connectivity index (χ0v) is 15.7. The van der Waals surface area contributed by atoms with E-state index in [2.05, 4.69) is 0 Å². The molecule has 0 spiro atoms. The topological polar surface area (TPSA) is 70.2 Å². The predicted molar refractivity (Wildman–Crippen MR) is 97.4 cm³/mol. The van der Waals surface area contributed by atoms with E-state index in [1.54, 1.807) is 21.6 Å². The molecule has 2 rings (SSSR count). The summed E-state index contributed by atoms with van der Waals surface area (Å²) in [5.41, 5.74) is 2.12. The van der Waals surface area contributed by atoms with Crippen molar-refractivity contribution in [2.24, 2.45) is 0 Å². The molecule has 1 fully saturated rings. The zero-order chi connectivity index (χ0) is 19.1. The lowest BCUT2D eigenvalue weighted by Gasteiger charge is -2.35. The van der Waals surface area contributed by atoms with Crippen molar-refractivity contribution in [1.82, 2.24) is 14.7 Å². The summed E-state index contributed by atoms with van der Waals surface area (Å²) in [6.07, 6.45) is -0.343. The van der Waals surface area contributed by atoms with Crippen LogP contribution in [0.2, 0.25) is 0 Å². The van der Waals surface area contributed by atoms with E-state index in [1.165, 1.54) is 6.92 Å². The third-order valence-electron chi connectivity index (χ3n) is 4.39. The summed E-state index contributed by atoms with van der Waals surface area (Å²) < 4.78 is 4.98. The van der Waals surface area contributed by atoms with Crippen LogP contribution in [0.5, 0.6) is 0 Å². The maximum atomic E-state index is 12.6. The molecule has 0 bridgehead atoms. The molecule has 0 aromatic heterocycles. The van der Waals surface area contributed by atoms with E-state index >= 15 is 0 Å². The standard InChI is InChI=1S/C19H27N3O4/c1-4-26-19(25)21-10-8-20(9-11-21)18(24)14-22(16(3)23)13-17-7-5-6-15(2)12-17/h5-7,12H,4,8-11,13-14H2,1-3H3. The van der Waals surface area contributed by atoms with Gasteiger partial charge < -0.3 is 19.4 Å². The number of carbonyl (C=O) groups is 3. The van der Waals surface area contributed by atoms with Gasteiger partial charge in [-0.25, -0.2) is 4.79 Å². The fourth-order valence-corrected chi connectivity index (χ4v) is 2.93. The second-order valence-electron chi connectivity index (χ2n) is 6.43. The Hall–Kier alpha value is -2.57. The van der Waals surface area contributed by atoms with Crippen LogP contribution in [0.3, 0.4) is 0 Å². The number of benzene rings is 1. The predicted octanol–water partition coefficient (Wildman–Crippen LogP) is 1.64. The summed E-state index contributed by atoms with van der Waals surface area (Å²) in [6, 6.07) is 7.90. The Labute approximate surface area is 154 Å². The summed E-state index contributed by atoms with van der Waals surface area (Å²) >= 11 is 0. The first-order valence-corrected chi connectivity index (χ1v) is 8.91. The second kappa shape index (κ2) is 9.22. The van der Waals surface area contributed by atoms with E-state index in [4.69, 9.17) is 4.74 Å². The number of nitrogens with zero attached hydrogens (tertiary/aromatic N) is 3. The lowest BCUT2D eigenvalue weighted by atomic mass is 10.1. The van der Waals surface area contributed by atoms with Gasteiger partial charge in [0.15, 0.2) is 0 Å². The molecule has 7 heteroatoms. The Kier molecular flexibility index (Phi) is 7.00. The highest BCUT2D eigenvalue weighted by Crippen LogP contribution is 2.10. The Morgan fingerprint density at radius 2 is 1.77 bits per heavy atom. The second-order valence-corrected chi connectivity index (χ2v) is 6.43. The van der Waals surface area contributed by atoms with Crippen molar-refractivity contribution in [3.05, 3.63) is 35.4 Å². The lowest BCUT2D eigenvalue weighted by Crippen LogP contribution is -2.53. The van der Waals surface area contributed by atoms with Crippen molar-refractivity contribution in [3.8, 4) is 0 Å². The van der Waals surface area contributed by atoms with Gasteiger partial charge in [-0.2, -0.15) is 0 Å². The zero-order valence-electron chi connectivity index (χ0n) is 15.7. The minimum Gasteiger partial charge on any atom is -0.450 e. The lowest BCUT2D eigenvalue weighted by molar-refractivity contribution is -0.140. The van der Waals surface area contributed by atoms with Gasteiger partial charge >= 0.3 is 6.09 Å². The van der Waals surface area contributed by atoms with E-state index in [1.807, 2.05) is 31.2 Å². The SMILES string of the molecule is CCOC(=O)N1CCN(C(=O)CN(Cc2cccc(C)c2)C(C)=O)CC1. The Balaban J connectivity index is 1.90. The average molecular weight is 361 g/mol. The van der Waals surface area contributed by atoms with Crippen LogP contribution < -0.4 is 0 Å². The summed E-state index contributed by atoms with van der Waals surface area (Å²) in [5.74, 6) is -0.235. The molecule has 0 saturated carbocycles. The summed E-state index contributed by atoms with van der Waals surface area (Å²) in [6.45, 7) is 7.82. The Morgan fingerprint density at radius 1 is 1.12 bits per heavy atom. The van der Waals surface area contributed by atoms with Gasteiger partial charge in [0, 0.05) is 39.6 Å². The van der Waals surface area contributed by atoms with Crippen molar-refractivity contribution >= 4 is 17.9 Å². The number of aryl methyl sites for hydroxylation is 1. The molecule has 0 N–H and O–H groups in total. The molecular formula is C19H27N3O4. The minimum absolute atomic E-state index is 0.0443. The van der Waals surface area contributed by atoms with Gasteiger partial charge in [0.1, 0.15) is 6.54 Å². The quantitative estimate of drug-likeness (QED) is 0.799. The molecule has 0 atom stereocenters. The summed E-state index contributed by atoms with van der Waals surface area (Å²) in [5, 5.41) is 0. The smallest absolute Gasteiger partial charge is 0.409 e. The van der Waals surface area contributed by atoms with E-state index in [-0.39, 0.29) is 24.5 Å². The van der Waals surface area contributed by atoms with Gasteiger partial charge in [-0.1, -0.05) is 29.8 Å². The molecule has 1 heterocycles. The molecule has 1 aliphatic heterocycles. The van der Waals surface area contributed by atoms with Crippen molar-refractivity contribution in [2.45, 2.75) is 27.3 Å². The Bertz CT molecular complexity index is 654. The fourth-order valence-electron chi connectivity index (χ4n) is 2.93. The molecule has 1 aromatic rings. The van der Waals surface area contributed by atoms with Crippen molar-refractivity contribution in [2.75, 3.05) is 39.3 Å². The third kappa shape index (κ3) is 5.47. The monoisotopic (exact) mass is 361 g/mol. The first-order valence-electron chi connectivity index (χ1n) is 8.91. The highest BCUT2D eigenvalue weighted by molar-refractivity contribution is 5.84. The van der Waals surface area contributed by atoms with Gasteiger partial charge in [-0.15, -0.1) is 0 Å². The van der Waals surface area contributed by atoms with Gasteiger partial charge in [0.2, 0.25) is 11.8 Å². The van der Waals surface area contributed by atoms with E-state index < -0.39 is 0 Å².